The summed E-state index contributed by atoms with van der Waals surface area (Å²) in [6.45, 7) is 0.455. The fourth-order valence-corrected chi connectivity index (χ4v) is 2.34. The maximum absolute atomic E-state index is 12.9. The summed E-state index contributed by atoms with van der Waals surface area (Å²) in [5.41, 5.74) is -0.688. The molecule has 106 valence electrons. The molecule has 0 aliphatic carbocycles. The maximum Gasteiger partial charge on any atom is 0.416 e. The number of carboxylic acids is 1. The van der Waals surface area contributed by atoms with Crippen LogP contribution >= 0.6 is 12.4 Å². The van der Waals surface area contributed by atoms with Crippen LogP contribution in [0.3, 0.4) is 0 Å². The zero-order valence-corrected chi connectivity index (χ0v) is 10.6. The Morgan fingerprint density at radius 3 is 2.47 bits per heavy atom. The Bertz CT molecular complexity index is 465. The van der Waals surface area contributed by atoms with E-state index in [4.69, 9.17) is 5.11 Å². The van der Waals surface area contributed by atoms with Crippen LogP contribution in [0.15, 0.2) is 24.3 Å². The second kappa shape index (κ2) is 5.79. The van der Waals surface area contributed by atoms with Crippen LogP contribution in [0.25, 0.3) is 0 Å². The summed E-state index contributed by atoms with van der Waals surface area (Å²) >= 11 is 0. The van der Waals surface area contributed by atoms with Gasteiger partial charge in [-0.05, 0) is 11.6 Å². The molecular formula is C12H13ClF3NO2. The second-order valence-electron chi connectivity index (χ2n) is 4.29. The lowest BCUT2D eigenvalue weighted by atomic mass is 9.86. The van der Waals surface area contributed by atoms with Crippen molar-refractivity contribution >= 4 is 18.4 Å². The zero-order valence-electron chi connectivity index (χ0n) is 9.78. The van der Waals surface area contributed by atoms with Crippen LogP contribution in [0.5, 0.6) is 0 Å². The Kier molecular flexibility index (Phi) is 4.81. The van der Waals surface area contributed by atoms with Gasteiger partial charge in [0, 0.05) is 19.0 Å². The van der Waals surface area contributed by atoms with Crippen LogP contribution in [0.1, 0.15) is 17.0 Å². The summed E-state index contributed by atoms with van der Waals surface area (Å²) in [6, 6.07) is 5.16. The summed E-state index contributed by atoms with van der Waals surface area (Å²) in [5.74, 6) is -2.52. The summed E-state index contributed by atoms with van der Waals surface area (Å²) in [4.78, 5) is 11.0. The molecule has 0 aromatic heterocycles. The molecule has 1 heterocycles. The molecular weight excluding hydrogens is 283 g/mol. The lowest BCUT2D eigenvalue weighted by Gasteiger charge is -2.20. The first-order valence-electron chi connectivity index (χ1n) is 5.51. The summed E-state index contributed by atoms with van der Waals surface area (Å²) in [7, 11) is 0. The minimum absolute atomic E-state index is 0. The van der Waals surface area contributed by atoms with Crippen LogP contribution in [0, 0.1) is 5.92 Å². The highest BCUT2D eigenvalue weighted by Gasteiger charge is 2.40. The standard InChI is InChI=1S/C12H12F3NO2.ClH/c13-12(14,15)10-4-2-1-3-7(10)8-5-16-6-9(8)11(17)18;/h1-4,8-9,16H,5-6H2,(H,17,18);1H/t8-,9+;/m0./s1. The number of aliphatic carboxylic acids is 1. The molecule has 1 aliphatic heterocycles. The molecule has 0 radical (unpaired) electrons. The molecule has 0 amide bonds. The number of nitrogens with one attached hydrogen (secondary N) is 1. The highest BCUT2D eigenvalue weighted by molar-refractivity contribution is 5.85. The van der Waals surface area contributed by atoms with Gasteiger partial charge in [0.1, 0.15) is 0 Å². The van der Waals surface area contributed by atoms with Gasteiger partial charge in [-0.3, -0.25) is 4.79 Å². The molecule has 0 spiro atoms. The van der Waals surface area contributed by atoms with E-state index in [0.717, 1.165) is 6.07 Å². The topological polar surface area (TPSA) is 49.3 Å². The predicted octanol–water partition coefficient (Wildman–Crippen LogP) is 2.51. The van der Waals surface area contributed by atoms with E-state index in [-0.39, 0.29) is 31.1 Å². The summed E-state index contributed by atoms with van der Waals surface area (Å²) in [6.07, 6.45) is -4.46. The van der Waals surface area contributed by atoms with Gasteiger partial charge < -0.3 is 10.4 Å². The van der Waals surface area contributed by atoms with E-state index in [0.29, 0.717) is 0 Å². The minimum Gasteiger partial charge on any atom is -0.481 e. The number of benzene rings is 1. The summed E-state index contributed by atoms with van der Waals surface area (Å²) in [5, 5.41) is 11.9. The van der Waals surface area contributed by atoms with Gasteiger partial charge in [0.25, 0.3) is 0 Å². The van der Waals surface area contributed by atoms with Crippen molar-refractivity contribution in [1.29, 1.82) is 0 Å². The number of halogens is 4. The van der Waals surface area contributed by atoms with Crippen molar-refractivity contribution in [3.05, 3.63) is 35.4 Å². The first-order valence-corrected chi connectivity index (χ1v) is 5.51. The third-order valence-corrected chi connectivity index (χ3v) is 3.20. The monoisotopic (exact) mass is 295 g/mol. The molecule has 19 heavy (non-hydrogen) atoms. The highest BCUT2D eigenvalue weighted by atomic mass is 35.5. The van der Waals surface area contributed by atoms with E-state index in [1.165, 1.54) is 18.2 Å². The normalized spacial score (nSPS) is 22.9. The van der Waals surface area contributed by atoms with E-state index in [1.807, 2.05) is 0 Å². The first-order chi connectivity index (χ1) is 8.41. The number of carboxylic acid groups (broad SMARTS) is 1. The molecule has 1 aromatic carbocycles. The Balaban J connectivity index is 0.00000180. The largest absolute Gasteiger partial charge is 0.481 e. The van der Waals surface area contributed by atoms with E-state index in [9.17, 15) is 18.0 Å². The van der Waals surface area contributed by atoms with Crippen molar-refractivity contribution < 1.29 is 23.1 Å². The third kappa shape index (κ3) is 3.19. The van der Waals surface area contributed by atoms with Gasteiger partial charge in [-0.2, -0.15) is 13.2 Å². The molecule has 2 N–H and O–H groups in total. The molecule has 0 saturated carbocycles. The quantitative estimate of drug-likeness (QED) is 0.881. The number of rotatable bonds is 2. The zero-order chi connectivity index (χ0) is 13.3. The first kappa shape index (κ1) is 15.8. The fraction of sp³-hybridized carbons (Fsp3) is 0.417. The van der Waals surface area contributed by atoms with E-state index >= 15 is 0 Å². The van der Waals surface area contributed by atoms with Crippen LogP contribution in [-0.2, 0) is 11.0 Å². The van der Waals surface area contributed by atoms with Gasteiger partial charge >= 0.3 is 12.1 Å². The van der Waals surface area contributed by atoms with Crippen molar-refractivity contribution in [2.75, 3.05) is 13.1 Å². The average Bonchev–Trinajstić information content (AvgIpc) is 2.76. The lowest BCUT2D eigenvalue weighted by molar-refractivity contribution is -0.143. The highest BCUT2D eigenvalue weighted by Crippen LogP contribution is 2.38. The van der Waals surface area contributed by atoms with Crippen molar-refractivity contribution in [3.8, 4) is 0 Å². The number of alkyl halides is 3. The molecule has 0 bridgehead atoms. The fourth-order valence-electron chi connectivity index (χ4n) is 2.34. The van der Waals surface area contributed by atoms with Gasteiger partial charge in [0.2, 0.25) is 0 Å². The van der Waals surface area contributed by atoms with Crippen molar-refractivity contribution in [2.24, 2.45) is 5.92 Å². The van der Waals surface area contributed by atoms with Gasteiger partial charge in [0.15, 0.2) is 0 Å². The van der Waals surface area contributed by atoms with E-state index in [2.05, 4.69) is 5.32 Å². The van der Waals surface area contributed by atoms with Crippen molar-refractivity contribution in [2.45, 2.75) is 12.1 Å². The van der Waals surface area contributed by atoms with Gasteiger partial charge in [0.05, 0.1) is 11.5 Å². The Labute approximate surface area is 114 Å². The SMILES string of the molecule is Cl.O=C(O)[C@@H]1CNC[C@H]1c1ccccc1C(F)(F)F. The number of hydrogen-bond acceptors (Lipinski definition) is 2. The third-order valence-electron chi connectivity index (χ3n) is 3.20. The Morgan fingerprint density at radius 1 is 1.26 bits per heavy atom. The van der Waals surface area contributed by atoms with E-state index < -0.39 is 29.5 Å². The molecule has 1 aliphatic rings. The number of carbonyl (C=O) groups is 1. The predicted molar refractivity (Wildman–Crippen MR) is 65.4 cm³/mol. The molecule has 1 saturated heterocycles. The molecule has 0 unspecified atom stereocenters. The molecule has 3 nitrogen and oxygen atoms in total. The van der Waals surface area contributed by atoms with Gasteiger partial charge in [-0.15, -0.1) is 12.4 Å². The molecule has 7 heteroatoms. The second-order valence-corrected chi connectivity index (χ2v) is 4.29. The Morgan fingerprint density at radius 2 is 1.89 bits per heavy atom. The minimum atomic E-state index is -4.46. The van der Waals surface area contributed by atoms with Gasteiger partial charge in [-0.1, -0.05) is 18.2 Å². The van der Waals surface area contributed by atoms with Crippen molar-refractivity contribution in [1.82, 2.24) is 5.32 Å². The van der Waals surface area contributed by atoms with Crippen LogP contribution < -0.4 is 5.32 Å². The van der Waals surface area contributed by atoms with Crippen molar-refractivity contribution in [3.63, 3.8) is 0 Å². The smallest absolute Gasteiger partial charge is 0.416 e. The van der Waals surface area contributed by atoms with Gasteiger partial charge in [-0.25, -0.2) is 0 Å². The summed E-state index contributed by atoms with van der Waals surface area (Å²) < 4.78 is 38.6. The molecule has 2 rings (SSSR count). The van der Waals surface area contributed by atoms with Crippen LogP contribution in [-0.4, -0.2) is 24.2 Å². The molecule has 1 aromatic rings. The van der Waals surface area contributed by atoms with Crippen LogP contribution in [0.4, 0.5) is 13.2 Å². The maximum atomic E-state index is 12.9. The molecule has 1 fully saturated rings. The number of hydrogen-bond donors (Lipinski definition) is 2. The lowest BCUT2D eigenvalue weighted by Crippen LogP contribution is -2.23. The molecule has 2 atom stereocenters. The van der Waals surface area contributed by atoms with Crippen LogP contribution in [0.2, 0.25) is 0 Å². The van der Waals surface area contributed by atoms with E-state index in [1.54, 1.807) is 0 Å². The average molecular weight is 296 g/mol. The Hall–Kier alpha value is -1.27.